The molecule has 1 aromatic rings. The molecule has 1 aromatic carbocycles. The summed E-state index contributed by atoms with van der Waals surface area (Å²) in [6.07, 6.45) is 2.49. The molecule has 0 aliphatic heterocycles. The molecular formula is C20H29NO4. The van der Waals surface area contributed by atoms with E-state index in [-0.39, 0.29) is 11.9 Å². The quantitative estimate of drug-likeness (QED) is 0.799. The molecule has 0 saturated heterocycles. The van der Waals surface area contributed by atoms with Crippen molar-refractivity contribution in [2.75, 3.05) is 6.61 Å². The molecule has 0 heterocycles. The van der Waals surface area contributed by atoms with E-state index >= 15 is 0 Å². The monoisotopic (exact) mass is 347 g/mol. The molecule has 1 saturated carbocycles. The van der Waals surface area contributed by atoms with E-state index in [0.717, 1.165) is 12.8 Å². The van der Waals surface area contributed by atoms with Crippen molar-refractivity contribution in [2.24, 2.45) is 11.8 Å². The summed E-state index contributed by atoms with van der Waals surface area (Å²) in [5.41, 5.74) is 0.405. The van der Waals surface area contributed by atoms with E-state index < -0.39 is 12.1 Å². The second-order valence-electron chi connectivity index (χ2n) is 6.89. The molecule has 5 heteroatoms. The van der Waals surface area contributed by atoms with E-state index in [1.54, 1.807) is 31.2 Å². The smallest absolute Gasteiger partial charge is 0.338 e. The summed E-state index contributed by atoms with van der Waals surface area (Å²) in [4.78, 5) is 24.6. The van der Waals surface area contributed by atoms with Gasteiger partial charge in [0.25, 0.3) is 5.91 Å². The van der Waals surface area contributed by atoms with Gasteiger partial charge in [-0.2, -0.15) is 0 Å². The average Bonchev–Trinajstić information content (AvgIpc) is 2.59. The first-order chi connectivity index (χ1) is 11.9. The third kappa shape index (κ3) is 5.21. The molecule has 1 amide bonds. The maximum Gasteiger partial charge on any atom is 0.338 e. The Morgan fingerprint density at radius 2 is 1.88 bits per heavy atom. The van der Waals surface area contributed by atoms with E-state index in [0.29, 0.717) is 29.8 Å². The van der Waals surface area contributed by atoms with Crippen molar-refractivity contribution in [3.8, 4) is 5.75 Å². The van der Waals surface area contributed by atoms with Crippen molar-refractivity contribution in [3.05, 3.63) is 29.8 Å². The van der Waals surface area contributed by atoms with Gasteiger partial charge in [0.05, 0.1) is 12.2 Å². The lowest BCUT2D eigenvalue weighted by Crippen LogP contribution is -2.47. The standard InChI is InChI=1S/C20H29NO4/c1-5-24-17-11-9-16(10-12-17)20(23)25-15(4)19(22)21-18-8-6-7-13(2)14(18)3/h9-15,18H,5-8H2,1-4H3,(H,21,22)/t13-,14-,15+,18+/m0/s1. The van der Waals surface area contributed by atoms with E-state index in [1.807, 2.05) is 6.92 Å². The molecule has 25 heavy (non-hydrogen) atoms. The SMILES string of the molecule is CCOc1ccc(C(=O)O[C@H](C)C(=O)N[C@@H]2CCC[C@H](C)[C@@H]2C)cc1. The lowest BCUT2D eigenvalue weighted by Gasteiger charge is -2.35. The summed E-state index contributed by atoms with van der Waals surface area (Å²) in [5, 5.41) is 3.05. The highest BCUT2D eigenvalue weighted by molar-refractivity contribution is 5.92. The van der Waals surface area contributed by atoms with Crippen molar-refractivity contribution in [3.63, 3.8) is 0 Å². The molecular weight excluding hydrogens is 318 g/mol. The van der Waals surface area contributed by atoms with Crippen molar-refractivity contribution >= 4 is 11.9 Å². The van der Waals surface area contributed by atoms with Crippen LogP contribution in [0.25, 0.3) is 0 Å². The predicted molar refractivity (Wildman–Crippen MR) is 96.6 cm³/mol. The van der Waals surface area contributed by atoms with Crippen LogP contribution in [0.2, 0.25) is 0 Å². The van der Waals surface area contributed by atoms with Crippen LogP contribution in [0.3, 0.4) is 0 Å². The number of carbonyl (C=O) groups is 2. The lowest BCUT2D eigenvalue weighted by atomic mass is 9.78. The molecule has 0 spiro atoms. The maximum absolute atomic E-state index is 12.4. The van der Waals surface area contributed by atoms with Crippen LogP contribution in [-0.4, -0.2) is 30.6 Å². The van der Waals surface area contributed by atoms with Gasteiger partial charge in [0, 0.05) is 6.04 Å². The largest absolute Gasteiger partial charge is 0.494 e. The molecule has 5 nitrogen and oxygen atoms in total. The van der Waals surface area contributed by atoms with E-state index in [9.17, 15) is 9.59 Å². The third-order valence-electron chi connectivity index (χ3n) is 5.09. The zero-order valence-corrected chi connectivity index (χ0v) is 15.6. The van der Waals surface area contributed by atoms with Crippen LogP contribution in [-0.2, 0) is 9.53 Å². The Balaban J connectivity index is 1.88. The molecule has 0 aromatic heterocycles. The number of rotatable bonds is 6. The number of amides is 1. The highest BCUT2D eigenvalue weighted by Gasteiger charge is 2.30. The van der Waals surface area contributed by atoms with Crippen molar-refractivity contribution < 1.29 is 19.1 Å². The molecule has 2 rings (SSSR count). The van der Waals surface area contributed by atoms with Gasteiger partial charge in [0.2, 0.25) is 0 Å². The first-order valence-corrected chi connectivity index (χ1v) is 9.16. The van der Waals surface area contributed by atoms with Gasteiger partial charge in [-0.05, 0) is 56.4 Å². The zero-order valence-electron chi connectivity index (χ0n) is 15.6. The normalized spacial score (nSPS) is 24.2. The van der Waals surface area contributed by atoms with Gasteiger partial charge in [-0.15, -0.1) is 0 Å². The highest BCUT2D eigenvalue weighted by atomic mass is 16.5. The van der Waals surface area contributed by atoms with E-state index in [1.165, 1.54) is 6.42 Å². The Morgan fingerprint density at radius 3 is 2.52 bits per heavy atom. The minimum Gasteiger partial charge on any atom is -0.494 e. The molecule has 1 aliphatic rings. The number of carbonyl (C=O) groups excluding carboxylic acids is 2. The molecule has 0 radical (unpaired) electrons. The van der Waals surface area contributed by atoms with Crippen LogP contribution in [0.1, 0.15) is 57.3 Å². The van der Waals surface area contributed by atoms with Gasteiger partial charge in [0.15, 0.2) is 6.10 Å². The first kappa shape index (κ1) is 19.3. The van der Waals surface area contributed by atoms with Crippen LogP contribution < -0.4 is 10.1 Å². The summed E-state index contributed by atoms with van der Waals surface area (Å²) < 4.78 is 10.7. The topological polar surface area (TPSA) is 64.6 Å². The number of hydrogen-bond donors (Lipinski definition) is 1. The number of benzene rings is 1. The van der Waals surface area contributed by atoms with Gasteiger partial charge in [-0.25, -0.2) is 4.79 Å². The fourth-order valence-electron chi connectivity index (χ4n) is 3.22. The van der Waals surface area contributed by atoms with E-state index in [2.05, 4.69) is 19.2 Å². The first-order valence-electron chi connectivity index (χ1n) is 9.16. The summed E-state index contributed by atoms with van der Waals surface area (Å²) in [7, 11) is 0. The molecule has 138 valence electrons. The molecule has 0 unspecified atom stereocenters. The molecule has 1 N–H and O–H groups in total. The molecule has 1 aliphatic carbocycles. The zero-order chi connectivity index (χ0) is 18.4. The Morgan fingerprint density at radius 1 is 1.20 bits per heavy atom. The van der Waals surface area contributed by atoms with Gasteiger partial charge >= 0.3 is 5.97 Å². The van der Waals surface area contributed by atoms with Gasteiger partial charge in [0.1, 0.15) is 5.75 Å². The van der Waals surface area contributed by atoms with Crippen LogP contribution in [0, 0.1) is 11.8 Å². The Kier molecular flexibility index (Phi) is 6.85. The average molecular weight is 347 g/mol. The minimum atomic E-state index is -0.816. The summed E-state index contributed by atoms with van der Waals surface area (Å²) in [6, 6.07) is 6.88. The van der Waals surface area contributed by atoms with Crippen LogP contribution in [0.5, 0.6) is 5.75 Å². The highest BCUT2D eigenvalue weighted by Crippen LogP contribution is 2.29. The van der Waals surface area contributed by atoms with Crippen LogP contribution in [0.15, 0.2) is 24.3 Å². The maximum atomic E-state index is 12.4. The van der Waals surface area contributed by atoms with Crippen LogP contribution >= 0.6 is 0 Å². The second kappa shape index (κ2) is 8.88. The molecule has 1 fully saturated rings. The summed E-state index contributed by atoms with van der Waals surface area (Å²) in [5.74, 6) is 0.999. The Hall–Kier alpha value is -2.04. The number of nitrogens with one attached hydrogen (secondary N) is 1. The lowest BCUT2D eigenvalue weighted by molar-refractivity contribution is -0.130. The minimum absolute atomic E-state index is 0.155. The second-order valence-corrected chi connectivity index (χ2v) is 6.89. The van der Waals surface area contributed by atoms with E-state index in [4.69, 9.17) is 9.47 Å². The summed E-state index contributed by atoms with van der Waals surface area (Å²) >= 11 is 0. The Labute approximate surface area is 150 Å². The number of esters is 1. The van der Waals surface area contributed by atoms with Crippen molar-refractivity contribution in [1.29, 1.82) is 0 Å². The third-order valence-corrected chi connectivity index (χ3v) is 5.09. The number of ether oxygens (including phenoxy) is 2. The van der Waals surface area contributed by atoms with Crippen molar-refractivity contribution in [1.82, 2.24) is 5.32 Å². The fraction of sp³-hybridized carbons (Fsp3) is 0.600. The Bertz CT molecular complexity index is 584. The van der Waals surface area contributed by atoms with Gasteiger partial charge < -0.3 is 14.8 Å². The van der Waals surface area contributed by atoms with Gasteiger partial charge in [-0.1, -0.05) is 26.7 Å². The van der Waals surface area contributed by atoms with Gasteiger partial charge in [-0.3, -0.25) is 4.79 Å². The van der Waals surface area contributed by atoms with Crippen LogP contribution in [0.4, 0.5) is 0 Å². The summed E-state index contributed by atoms with van der Waals surface area (Å²) in [6.45, 7) is 8.47. The van der Waals surface area contributed by atoms with Crippen molar-refractivity contribution in [2.45, 2.75) is 59.1 Å². The fourth-order valence-corrected chi connectivity index (χ4v) is 3.22. The predicted octanol–water partition coefficient (Wildman–Crippen LogP) is 3.57. The number of hydrogen-bond acceptors (Lipinski definition) is 4. The molecule has 0 bridgehead atoms. The molecule has 4 atom stereocenters.